The van der Waals surface area contributed by atoms with E-state index in [1.165, 1.54) is 321 Å². The fraction of sp³-hybridized carbons (Fsp3) is 0.873. The summed E-state index contributed by atoms with van der Waals surface area (Å²) in [5.74, 6) is -0.0681. The molecule has 0 aromatic heterocycles. The predicted molar refractivity (Wildman–Crippen MR) is 336 cm³/mol. The lowest BCUT2D eigenvalue weighted by molar-refractivity contribution is -0.123. The topological polar surface area (TPSA) is 69.6 Å². The average Bonchev–Trinajstić information content (AvgIpc) is 3.41. The van der Waals surface area contributed by atoms with E-state index in [0.29, 0.717) is 6.42 Å². The van der Waals surface area contributed by atoms with Gasteiger partial charge in [0.25, 0.3) is 0 Å². The van der Waals surface area contributed by atoms with Crippen LogP contribution in [0.15, 0.2) is 48.6 Å². The Labute approximate surface area is 471 Å². The monoisotopic (exact) mass is 1050 g/mol. The number of allylic oxidation sites excluding steroid dienone is 7. The fourth-order valence-electron chi connectivity index (χ4n) is 10.8. The second-order valence-electron chi connectivity index (χ2n) is 23.6. The van der Waals surface area contributed by atoms with Crippen LogP contribution in [0.2, 0.25) is 0 Å². The summed E-state index contributed by atoms with van der Waals surface area (Å²) in [5, 5.41) is 23.2. The third-order valence-corrected chi connectivity index (χ3v) is 16.0. The molecule has 2 atom stereocenters. The van der Waals surface area contributed by atoms with Crippen molar-refractivity contribution in [3.05, 3.63) is 48.6 Å². The molecule has 0 spiro atoms. The van der Waals surface area contributed by atoms with Crippen LogP contribution >= 0.6 is 0 Å². The Bertz CT molecular complexity index is 1190. The van der Waals surface area contributed by atoms with E-state index in [1.54, 1.807) is 6.08 Å². The van der Waals surface area contributed by atoms with Crippen molar-refractivity contribution < 1.29 is 15.0 Å². The largest absolute Gasteiger partial charge is 0.394 e. The molecule has 4 nitrogen and oxygen atoms in total. The highest BCUT2D eigenvalue weighted by Gasteiger charge is 2.18. The van der Waals surface area contributed by atoms with Crippen LogP contribution in [-0.2, 0) is 4.79 Å². The van der Waals surface area contributed by atoms with Gasteiger partial charge in [-0.15, -0.1) is 0 Å². The zero-order valence-corrected chi connectivity index (χ0v) is 51.1. The molecular formula is C71H135NO3. The van der Waals surface area contributed by atoms with E-state index < -0.39 is 12.1 Å². The lowest BCUT2D eigenvalue weighted by atomic mass is 10.0. The molecule has 0 saturated carbocycles. The Morgan fingerprint density at radius 3 is 0.853 bits per heavy atom. The van der Waals surface area contributed by atoms with Crippen molar-refractivity contribution in [1.29, 1.82) is 0 Å². The first-order valence-electron chi connectivity index (χ1n) is 34.4. The van der Waals surface area contributed by atoms with Crippen LogP contribution in [0.5, 0.6) is 0 Å². The Morgan fingerprint density at radius 1 is 0.320 bits per heavy atom. The van der Waals surface area contributed by atoms with E-state index in [9.17, 15) is 15.0 Å². The fourth-order valence-corrected chi connectivity index (χ4v) is 10.8. The number of rotatable bonds is 64. The standard InChI is InChI=1S/C71H135NO3/c1-3-5-7-9-11-13-15-17-19-21-23-25-27-29-30-31-32-33-34-35-36-37-38-39-40-41-42-43-45-47-49-51-53-55-57-59-61-63-65-67-71(75)72-69(68-73)70(74)66-64-62-60-58-56-54-52-50-48-46-44-28-26-24-22-20-18-16-14-12-10-8-6-4-2/h32-33,35-36,56,58,64,66,69-70,73-74H,3-31,34,37-55,57,59-63,65,67-68H2,1-2H3,(H,72,75)/b33-32-,36-35-,58-56+,66-64+. The number of amides is 1. The average molecular weight is 1050 g/mol. The van der Waals surface area contributed by atoms with Gasteiger partial charge in [0.15, 0.2) is 0 Å². The number of aliphatic hydroxyl groups excluding tert-OH is 2. The zero-order chi connectivity index (χ0) is 54.1. The molecule has 0 aliphatic heterocycles. The number of carbonyl (C=O) groups is 1. The molecule has 0 radical (unpaired) electrons. The molecule has 1 amide bonds. The maximum Gasteiger partial charge on any atom is 0.220 e. The molecule has 0 aliphatic rings. The Kier molecular flexibility index (Phi) is 65.2. The number of unbranched alkanes of at least 4 members (excludes halogenated alkanes) is 51. The summed E-state index contributed by atoms with van der Waals surface area (Å²) in [6, 6.07) is -0.641. The van der Waals surface area contributed by atoms with Gasteiger partial charge < -0.3 is 15.5 Å². The first-order valence-corrected chi connectivity index (χ1v) is 34.4. The molecule has 75 heavy (non-hydrogen) atoms. The molecule has 0 saturated heterocycles. The van der Waals surface area contributed by atoms with Crippen LogP contribution in [0, 0.1) is 0 Å². The molecule has 0 bridgehead atoms. The summed E-state index contributed by atoms with van der Waals surface area (Å²) in [5.41, 5.74) is 0. The van der Waals surface area contributed by atoms with Crippen LogP contribution in [0.3, 0.4) is 0 Å². The van der Waals surface area contributed by atoms with Crippen molar-refractivity contribution in [2.75, 3.05) is 6.61 Å². The lowest BCUT2D eigenvalue weighted by Crippen LogP contribution is -2.45. The minimum absolute atomic E-state index is 0.0681. The van der Waals surface area contributed by atoms with E-state index in [0.717, 1.165) is 38.5 Å². The van der Waals surface area contributed by atoms with Gasteiger partial charge in [-0.3, -0.25) is 4.79 Å². The molecule has 3 N–H and O–H groups in total. The Hall–Kier alpha value is -1.65. The quantitative estimate of drug-likeness (QED) is 0.0420. The Balaban J connectivity index is 3.45. The van der Waals surface area contributed by atoms with Gasteiger partial charge in [-0.05, 0) is 64.2 Å². The van der Waals surface area contributed by atoms with Crippen LogP contribution in [0.25, 0.3) is 0 Å². The maximum absolute atomic E-state index is 12.5. The Morgan fingerprint density at radius 2 is 0.560 bits per heavy atom. The van der Waals surface area contributed by atoms with Gasteiger partial charge in [-0.25, -0.2) is 0 Å². The number of hydrogen-bond acceptors (Lipinski definition) is 3. The summed E-state index contributed by atoms with van der Waals surface area (Å²) >= 11 is 0. The summed E-state index contributed by atoms with van der Waals surface area (Å²) in [6.07, 6.45) is 93.4. The SMILES string of the molecule is CCCCCCCCCCCCCCCCC/C=C\C/C=C\CCCCCCCCCCCCCCCCCCCC(=O)NC(CO)C(O)/C=C/CC/C=C/CCCCCCCCCCCCCCCCCCCC. The van der Waals surface area contributed by atoms with Crippen molar-refractivity contribution in [3.8, 4) is 0 Å². The molecule has 0 heterocycles. The maximum atomic E-state index is 12.5. The smallest absolute Gasteiger partial charge is 0.220 e. The van der Waals surface area contributed by atoms with E-state index in [4.69, 9.17) is 0 Å². The van der Waals surface area contributed by atoms with Crippen LogP contribution < -0.4 is 5.32 Å². The lowest BCUT2D eigenvalue weighted by Gasteiger charge is -2.19. The van der Waals surface area contributed by atoms with Gasteiger partial charge in [0, 0.05) is 6.42 Å². The van der Waals surface area contributed by atoms with Gasteiger partial charge in [-0.2, -0.15) is 0 Å². The van der Waals surface area contributed by atoms with Crippen molar-refractivity contribution >= 4 is 5.91 Å². The first kappa shape index (κ1) is 73.3. The van der Waals surface area contributed by atoms with Crippen LogP contribution in [0.4, 0.5) is 0 Å². The molecule has 0 fully saturated rings. The van der Waals surface area contributed by atoms with Crippen LogP contribution in [-0.4, -0.2) is 34.9 Å². The molecule has 442 valence electrons. The summed E-state index contributed by atoms with van der Waals surface area (Å²) in [7, 11) is 0. The molecule has 0 aliphatic carbocycles. The van der Waals surface area contributed by atoms with Crippen molar-refractivity contribution in [2.45, 2.75) is 392 Å². The number of carbonyl (C=O) groups excluding carboxylic acids is 1. The van der Waals surface area contributed by atoms with Crippen molar-refractivity contribution in [3.63, 3.8) is 0 Å². The van der Waals surface area contributed by atoms with Crippen molar-refractivity contribution in [1.82, 2.24) is 5.32 Å². The normalized spacial score (nSPS) is 13.0. The minimum Gasteiger partial charge on any atom is -0.394 e. The molecule has 4 heteroatoms. The molecule has 0 aromatic carbocycles. The zero-order valence-electron chi connectivity index (χ0n) is 51.1. The van der Waals surface area contributed by atoms with E-state index >= 15 is 0 Å². The van der Waals surface area contributed by atoms with E-state index in [2.05, 4.69) is 55.6 Å². The molecule has 0 aromatic rings. The number of nitrogens with one attached hydrogen (secondary N) is 1. The highest BCUT2D eigenvalue weighted by Crippen LogP contribution is 2.18. The number of hydrogen-bond donors (Lipinski definition) is 3. The first-order chi connectivity index (χ1) is 37.2. The molecular weight excluding hydrogens is 915 g/mol. The summed E-state index contributed by atoms with van der Waals surface area (Å²) in [6.45, 7) is 4.34. The highest BCUT2D eigenvalue weighted by molar-refractivity contribution is 5.76. The van der Waals surface area contributed by atoms with Crippen molar-refractivity contribution in [2.24, 2.45) is 0 Å². The van der Waals surface area contributed by atoms with E-state index in [1.807, 2.05) is 6.08 Å². The minimum atomic E-state index is -0.864. The third-order valence-electron chi connectivity index (χ3n) is 16.0. The van der Waals surface area contributed by atoms with Gasteiger partial charge in [-0.1, -0.05) is 358 Å². The predicted octanol–water partition coefficient (Wildman–Crippen LogP) is 23.3. The van der Waals surface area contributed by atoms with E-state index in [-0.39, 0.29) is 12.5 Å². The van der Waals surface area contributed by atoms with Crippen LogP contribution in [0.1, 0.15) is 380 Å². The summed E-state index contributed by atoms with van der Waals surface area (Å²) in [4.78, 5) is 12.5. The van der Waals surface area contributed by atoms with Gasteiger partial charge in [0.1, 0.15) is 0 Å². The van der Waals surface area contributed by atoms with Gasteiger partial charge in [0.2, 0.25) is 5.91 Å². The highest BCUT2D eigenvalue weighted by atomic mass is 16.3. The van der Waals surface area contributed by atoms with Gasteiger partial charge in [0.05, 0.1) is 18.8 Å². The second kappa shape index (κ2) is 66.6. The summed E-state index contributed by atoms with van der Waals surface area (Å²) < 4.78 is 0. The molecule has 0 rings (SSSR count). The number of aliphatic hydroxyl groups is 2. The second-order valence-corrected chi connectivity index (χ2v) is 23.6. The third kappa shape index (κ3) is 63.1. The molecule has 2 unspecified atom stereocenters. The van der Waals surface area contributed by atoms with Gasteiger partial charge >= 0.3 is 0 Å².